The Morgan fingerprint density at radius 2 is 2.10 bits per heavy atom. The smallest absolute Gasteiger partial charge is 0.356 e. The molecule has 0 fully saturated rings. The number of fused-ring (bicyclic) bond motifs is 1. The van der Waals surface area contributed by atoms with Crippen molar-refractivity contribution in [2.24, 2.45) is 0 Å². The van der Waals surface area contributed by atoms with Gasteiger partial charge in [0.2, 0.25) is 0 Å². The third kappa shape index (κ3) is 2.69. The largest absolute Gasteiger partial charge is 0.476 e. The molecule has 2 heterocycles. The Hall–Kier alpha value is -2.14. The van der Waals surface area contributed by atoms with Crippen LogP contribution < -0.4 is 0 Å². The van der Waals surface area contributed by atoms with Crippen molar-refractivity contribution in [1.82, 2.24) is 14.7 Å². The third-order valence-electron chi connectivity index (χ3n) is 3.96. The number of carbonyl (C=O) groups is 1. The quantitative estimate of drug-likeness (QED) is 0.935. The lowest BCUT2D eigenvalue weighted by molar-refractivity contribution is 0.0687. The molecule has 0 saturated carbocycles. The Labute approximate surface area is 123 Å². The lowest BCUT2D eigenvalue weighted by Gasteiger charge is -2.27. The number of benzene rings is 1. The summed E-state index contributed by atoms with van der Waals surface area (Å²) in [5.41, 5.74) is 3.43. The summed E-state index contributed by atoms with van der Waals surface area (Å²) in [7, 11) is 0. The molecule has 0 bridgehead atoms. The van der Waals surface area contributed by atoms with Crippen LogP contribution in [0.4, 0.5) is 0 Å². The van der Waals surface area contributed by atoms with Crippen molar-refractivity contribution < 1.29 is 9.90 Å². The van der Waals surface area contributed by atoms with E-state index in [1.54, 1.807) is 0 Å². The van der Waals surface area contributed by atoms with E-state index in [1.807, 2.05) is 29.8 Å². The molecule has 0 spiro atoms. The van der Waals surface area contributed by atoms with Crippen LogP contribution in [0.25, 0.3) is 0 Å². The van der Waals surface area contributed by atoms with Gasteiger partial charge in [-0.25, -0.2) is 4.79 Å². The molecule has 0 atom stereocenters. The Bertz CT molecular complexity index is 649. The van der Waals surface area contributed by atoms with Gasteiger partial charge in [-0.05, 0) is 12.5 Å². The summed E-state index contributed by atoms with van der Waals surface area (Å²) >= 11 is 0. The van der Waals surface area contributed by atoms with E-state index in [2.05, 4.69) is 22.1 Å². The lowest BCUT2D eigenvalue weighted by atomic mass is 10.0. The minimum Gasteiger partial charge on any atom is -0.476 e. The van der Waals surface area contributed by atoms with Crippen LogP contribution in [0, 0.1) is 0 Å². The molecular weight excluding hydrogens is 266 g/mol. The van der Waals surface area contributed by atoms with Crippen molar-refractivity contribution in [3.63, 3.8) is 0 Å². The van der Waals surface area contributed by atoms with Crippen molar-refractivity contribution in [3.05, 3.63) is 52.8 Å². The second-order valence-electron chi connectivity index (χ2n) is 5.34. The van der Waals surface area contributed by atoms with Gasteiger partial charge in [-0.2, -0.15) is 5.10 Å². The Kier molecular flexibility index (Phi) is 3.75. The van der Waals surface area contributed by atoms with Gasteiger partial charge in [0.25, 0.3) is 0 Å². The molecule has 1 aromatic carbocycles. The first-order chi connectivity index (χ1) is 10.2. The average molecular weight is 285 g/mol. The number of hydrogen-bond acceptors (Lipinski definition) is 3. The van der Waals surface area contributed by atoms with E-state index in [9.17, 15) is 9.90 Å². The number of aromatic carboxylic acids is 1. The first-order valence-electron chi connectivity index (χ1n) is 7.27. The molecule has 5 heteroatoms. The van der Waals surface area contributed by atoms with Gasteiger partial charge in [-0.3, -0.25) is 9.58 Å². The summed E-state index contributed by atoms with van der Waals surface area (Å²) in [6, 6.07) is 10.3. The second kappa shape index (κ2) is 5.69. The summed E-state index contributed by atoms with van der Waals surface area (Å²) in [5.74, 6) is -0.931. The minimum absolute atomic E-state index is 0.213. The topological polar surface area (TPSA) is 58.4 Å². The van der Waals surface area contributed by atoms with Crippen LogP contribution >= 0.6 is 0 Å². The molecule has 0 amide bonds. The molecule has 1 aromatic heterocycles. The maximum absolute atomic E-state index is 11.4. The van der Waals surface area contributed by atoms with Gasteiger partial charge in [0.1, 0.15) is 0 Å². The summed E-state index contributed by atoms with van der Waals surface area (Å²) in [5, 5.41) is 13.6. The number of carboxylic acid groups (broad SMARTS) is 1. The van der Waals surface area contributed by atoms with Gasteiger partial charge < -0.3 is 5.11 Å². The van der Waals surface area contributed by atoms with Crippen LogP contribution in [0.15, 0.2) is 30.3 Å². The average Bonchev–Trinajstić information content (AvgIpc) is 2.86. The molecule has 21 heavy (non-hydrogen) atoms. The summed E-state index contributed by atoms with van der Waals surface area (Å²) in [6.07, 6.45) is 0.857. The van der Waals surface area contributed by atoms with Gasteiger partial charge in [0.15, 0.2) is 5.69 Å². The number of aromatic nitrogens is 2. The highest BCUT2D eigenvalue weighted by atomic mass is 16.4. The van der Waals surface area contributed by atoms with Gasteiger partial charge in [-0.1, -0.05) is 30.3 Å². The third-order valence-corrected chi connectivity index (χ3v) is 3.96. The molecule has 0 unspecified atom stereocenters. The van der Waals surface area contributed by atoms with E-state index in [0.717, 1.165) is 30.8 Å². The fourth-order valence-electron chi connectivity index (χ4n) is 2.96. The van der Waals surface area contributed by atoms with Crippen molar-refractivity contribution >= 4 is 5.97 Å². The highest BCUT2D eigenvalue weighted by molar-refractivity contribution is 5.87. The van der Waals surface area contributed by atoms with Crippen LogP contribution in [-0.4, -0.2) is 32.3 Å². The standard InChI is InChI=1S/C16H19N3O2/c1-2-19-14-8-9-18(10-12-6-4-3-5-7-12)11-13(14)15(17-19)16(20)21/h3-7H,2,8-11H2,1H3,(H,20,21). The fraction of sp³-hybridized carbons (Fsp3) is 0.375. The lowest BCUT2D eigenvalue weighted by Crippen LogP contribution is -2.31. The zero-order chi connectivity index (χ0) is 14.8. The normalized spacial score (nSPS) is 14.9. The number of hydrogen-bond donors (Lipinski definition) is 1. The molecule has 1 aliphatic heterocycles. The summed E-state index contributed by atoms with van der Waals surface area (Å²) in [6.45, 7) is 5.15. The highest BCUT2D eigenvalue weighted by Gasteiger charge is 2.27. The van der Waals surface area contributed by atoms with Crippen molar-refractivity contribution in [2.45, 2.75) is 33.0 Å². The van der Waals surface area contributed by atoms with E-state index < -0.39 is 5.97 Å². The first-order valence-corrected chi connectivity index (χ1v) is 7.27. The summed E-state index contributed by atoms with van der Waals surface area (Å²) in [4.78, 5) is 13.7. The Morgan fingerprint density at radius 1 is 1.33 bits per heavy atom. The molecule has 5 nitrogen and oxygen atoms in total. The van der Waals surface area contributed by atoms with Gasteiger partial charge in [0.05, 0.1) is 0 Å². The number of rotatable bonds is 4. The van der Waals surface area contributed by atoms with Crippen molar-refractivity contribution in [2.75, 3.05) is 6.54 Å². The maximum atomic E-state index is 11.4. The number of aryl methyl sites for hydroxylation is 1. The Balaban J connectivity index is 1.84. The van der Waals surface area contributed by atoms with E-state index >= 15 is 0 Å². The summed E-state index contributed by atoms with van der Waals surface area (Å²) < 4.78 is 1.83. The Morgan fingerprint density at radius 3 is 2.76 bits per heavy atom. The van der Waals surface area contributed by atoms with Crippen molar-refractivity contribution in [3.8, 4) is 0 Å². The predicted molar refractivity (Wildman–Crippen MR) is 79.1 cm³/mol. The maximum Gasteiger partial charge on any atom is 0.356 e. The number of nitrogens with zero attached hydrogens (tertiary/aromatic N) is 3. The van der Waals surface area contributed by atoms with E-state index in [0.29, 0.717) is 13.1 Å². The second-order valence-corrected chi connectivity index (χ2v) is 5.34. The van der Waals surface area contributed by atoms with Crippen LogP contribution in [0.2, 0.25) is 0 Å². The van der Waals surface area contributed by atoms with Gasteiger partial charge >= 0.3 is 5.97 Å². The molecule has 1 aliphatic rings. The molecule has 0 saturated heterocycles. The minimum atomic E-state index is -0.931. The van der Waals surface area contributed by atoms with E-state index in [-0.39, 0.29) is 5.69 Å². The van der Waals surface area contributed by atoms with E-state index in [1.165, 1.54) is 5.56 Å². The fourth-order valence-corrected chi connectivity index (χ4v) is 2.96. The molecule has 3 rings (SSSR count). The highest BCUT2D eigenvalue weighted by Crippen LogP contribution is 2.24. The first kappa shape index (κ1) is 13.8. The zero-order valence-corrected chi connectivity index (χ0v) is 12.1. The zero-order valence-electron chi connectivity index (χ0n) is 12.1. The SMILES string of the molecule is CCn1nc(C(=O)O)c2c1CCN(Cc1ccccc1)C2. The monoisotopic (exact) mass is 285 g/mol. The molecule has 1 N–H and O–H groups in total. The molecule has 2 aromatic rings. The van der Waals surface area contributed by atoms with Crippen LogP contribution in [-0.2, 0) is 26.1 Å². The molecule has 110 valence electrons. The van der Waals surface area contributed by atoms with Crippen molar-refractivity contribution in [1.29, 1.82) is 0 Å². The van der Waals surface area contributed by atoms with Crippen LogP contribution in [0.5, 0.6) is 0 Å². The molecular formula is C16H19N3O2. The van der Waals surface area contributed by atoms with Gasteiger partial charge in [0, 0.05) is 43.9 Å². The molecule has 0 radical (unpaired) electrons. The number of carboxylic acids is 1. The predicted octanol–water partition coefficient (Wildman–Crippen LogP) is 2.16. The van der Waals surface area contributed by atoms with E-state index in [4.69, 9.17) is 0 Å². The van der Waals surface area contributed by atoms with Gasteiger partial charge in [-0.15, -0.1) is 0 Å². The van der Waals surface area contributed by atoms with Crippen LogP contribution in [0.3, 0.4) is 0 Å². The van der Waals surface area contributed by atoms with Crippen LogP contribution in [0.1, 0.15) is 34.2 Å². The molecule has 0 aliphatic carbocycles.